The van der Waals surface area contributed by atoms with E-state index in [9.17, 15) is 4.79 Å². The minimum absolute atomic E-state index is 0.00810. The number of carbonyl (C=O) groups is 1. The molecule has 4 nitrogen and oxygen atoms in total. The normalized spacial score (nSPS) is 26.4. The first-order valence-corrected chi connectivity index (χ1v) is 7.48. The van der Waals surface area contributed by atoms with Crippen LogP contribution in [-0.2, 0) is 16.0 Å². The van der Waals surface area contributed by atoms with Gasteiger partial charge in [0.1, 0.15) is 0 Å². The molecule has 2 heterocycles. The summed E-state index contributed by atoms with van der Waals surface area (Å²) in [5.41, 5.74) is 2.38. The molecule has 1 aromatic carbocycles. The zero-order chi connectivity index (χ0) is 13.9. The molecule has 4 heteroatoms. The molecule has 1 amide bonds. The van der Waals surface area contributed by atoms with Crippen LogP contribution in [0.3, 0.4) is 0 Å². The van der Waals surface area contributed by atoms with Gasteiger partial charge in [0.05, 0.1) is 18.1 Å². The molecule has 1 aromatic rings. The summed E-state index contributed by atoms with van der Waals surface area (Å²) in [7, 11) is 0. The Bertz CT molecular complexity index is 483. The molecule has 2 N–H and O–H groups in total. The number of nitrogens with one attached hydrogen (secondary N) is 2. The van der Waals surface area contributed by atoms with Gasteiger partial charge in [-0.15, -0.1) is 0 Å². The van der Waals surface area contributed by atoms with Gasteiger partial charge >= 0.3 is 0 Å². The van der Waals surface area contributed by atoms with Crippen molar-refractivity contribution < 1.29 is 9.53 Å². The lowest BCUT2D eigenvalue weighted by Crippen LogP contribution is -2.46. The molecule has 1 fully saturated rings. The highest BCUT2D eigenvalue weighted by molar-refractivity contribution is 5.81. The Kier molecular flexibility index (Phi) is 3.92. The van der Waals surface area contributed by atoms with E-state index in [-0.39, 0.29) is 24.0 Å². The van der Waals surface area contributed by atoms with E-state index in [0.717, 1.165) is 31.6 Å². The Balaban J connectivity index is 1.58. The third-order valence-corrected chi connectivity index (χ3v) is 4.29. The first-order valence-electron chi connectivity index (χ1n) is 7.48. The highest BCUT2D eigenvalue weighted by Crippen LogP contribution is 2.24. The van der Waals surface area contributed by atoms with Gasteiger partial charge in [0, 0.05) is 18.8 Å². The largest absolute Gasteiger partial charge is 0.384 e. The fraction of sp³-hybridized carbons (Fsp3) is 0.562. The number of para-hydroxylation sites is 1. The van der Waals surface area contributed by atoms with Crippen molar-refractivity contribution in [2.75, 3.05) is 18.5 Å². The van der Waals surface area contributed by atoms with Crippen molar-refractivity contribution in [3.63, 3.8) is 0 Å². The summed E-state index contributed by atoms with van der Waals surface area (Å²) < 4.78 is 5.63. The van der Waals surface area contributed by atoms with Gasteiger partial charge in [-0.05, 0) is 37.8 Å². The molecule has 0 bridgehead atoms. The average molecular weight is 274 g/mol. The van der Waals surface area contributed by atoms with E-state index in [0.29, 0.717) is 6.54 Å². The highest BCUT2D eigenvalue weighted by Gasteiger charge is 2.28. The van der Waals surface area contributed by atoms with Gasteiger partial charge in [0.25, 0.3) is 0 Å². The molecule has 3 atom stereocenters. The Labute approximate surface area is 119 Å². The summed E-state index contributed by atoms with van der Waals surface area (Å²) in [6, 6.07) is 8.30. The second-order valence-corrected chi connectivity index (χ2v) is 5.79. The van der Waals surface area contributed by atoms with Crippen molar-refractivity contribution in [1.29, 1.82) is 0 Å². The number of benzene rings is 1. The molecule has 3 rings (SSSR count). The van der Waals surface area contributed by atoms with E-state index in [1.807, 2.05) is 19.1 Å². The fourth-order valence-corrected chi connectivity index (χ4v) is 3.06. The van der Waals surface area contributed by atoms with Crippen LogP contribution in [0.4, 0.5) is 5.69 Å². The van der Waals surface area contributed by atoms with E-state index in [2.05, 4.69) is 22.8 Å². The lowest BCUT2D eigenvalue weighted by molar-refractivity contribution is -0.126. The average Bonchev–Trinajstić information content (AvgIpc) is 3.01. The van der Waals surface area contributed by atoms with E-state index >= 15 is 0 Å². The smallest absolute Gasteiger partial charge is 0.225 e. The maximum Gasteiger partial charge on any atom is 0.225 e. The number of rotatable bonds is 3. The minimum Gasteiger partial charge on any atom is -0.384 e. The fourth-order valence-electron chi connectivity index (χ4n) is 3.06. The van der Waals surface area contributed by atoms with Crippen molar-refractivity contribution in [2.45, 2.75) is 38.3 Å². The number of hydrogen-bond acceptors (Lipinski definition) is 3. The van der Waals surface area contributed by atoms with E-state index in [4.69, 9.17) is 4.74 Å². The molecule has 0 spiro atoms. The Morgan fingerprint density at radius 2 is 2.30 bits per heavy atom. The topological polar surface area (TPSA) is 50.4 Å². The molecule has 2 aliphatic rings. The van der Waals surface area contributed by atoms with Crippen molar-refractivity contribution in [2.24, 2.45) is 5.92 Å². The number of ether oxygens (including phenoxy) is 1. The monoisotopic (exact) mass is 274 g/mol. The summed E-state index contributed by atoms with van der Waals surface area (Å²) in [4.78, 5) is 12.4. The summed E-state index contributed by atoms with van der Waals surface area (Å²) >= 11 is 0. The molecular weight excluding hydrogens is 252 g/mol. The molecule has 108 valence electrons. The maximum atomic E-state index is 12.4. The van der Waals surface area contributed by atoms with E-state index in [1.165, 1.54) is 5.56 Å². The zero-order valence-corrected chi connectivity index (χ0v) is 11.9. The predicted octanol–water partition coefficient (Wildman–Crippen LogP) is 1.95. The van der Waals surface area contributed by atoms with Crippen LogP contribution in [-0.4, -0.2) is 31.2 Å². The second kappa shape index (κ2) is 5.83. The molecule has 3 unspecified atom stereocenters. The Hall–Kier alpha value is -1.55. The minimum atomic E-state index is 0.00810. The lowest BCUT2D eigenvalue weighted by Gasteiger charge is -2.28. The summed E-state index contributed by atoms with van der Waals surface area (Å²) in [6.07, 6.45) is 3.15. The molecule has 0 aromatic heterocycles. The molecular formula is C16H22N2O2. The molecule has 20 heavy (non-hydrogen) atoms. The lowest BCUT2D eigenvalue weighted by atomic mass is 9.93. The van der Waals surface area contributed by atoms with Crippen LogP contribution in [0.15, 0.2) is 24.3 Å². The SMILES string of the molecule is CC(NC(=O)C1CNc2ccccc2C1)C1CCCO1. The van der Waals surface area contributed by atoms with Crippen LogP contribution in [0.1, 0.15) is 25.3 Å². The van der Waals surface area contributed by atoms with E-state index < -0.39 is 0 Å². The zero-order valence-electron chi connectivity index (χ0n) is 11.9. The van der Waals surface area contributed by atoms with Crippen molar-refractivity contribution in [1.82, 2.24) is 5.32 Å². The van der Waals surface area contributed by atoms with Crippen molar-refractivity contribution in [3.8, 4) is 0 Å². The molecule has 0 aliphatic carbocycles. The van der Waals surface area contributed by atoms with Gasteiger partial charge in [0.15, 0.2) is 0 Å². The van der Waals surface area contributed by atoms with E-state index in [1.54, 1.807) is 0 Å². The van der Waals surface area contributed by atoms with Crippen LogP contribution in [0.25, 0.3) is 0 Å². The highest BCUT2D eigenvalue weighted by atomic mass is 16.5. The summed E-state index contributed by atoms with van der Waals surface area (Å²) in [5.74, 6) is 0.142. The van der Waals surface area contributed by atoms with Crippen LogP contribution < -0.4 is 10.6 Å². The number of anilines is 1. The van der Waals surface area contributed by atoms with Gasteiger partial charge in [-0.1, -0.05) is 18.2 Å². The van der Waals surface area contributed by atoms with Crippen LogP contribution in [0.5, 0.6) is 0 Å². The Morgan fingerprint density at radius 1 is 1.45 bits per heavy atom. The van der Waals surface area contributed by atoms with Crippen LogP contribution in [0, 0.1) is 5.92 Å². The molecule has 1 saturated heterocycles. The van der Waals surface area contributed by atoms with Crippen molar-refractivity contribution >= 4 is 11.6 Å². The predicted molar refractivity (Wildman–Crippen MR) is 78.7 cm³/mol. The summed E-state index contributed by atoms with van der Waals surface area (Å²) in [5, 5.41) is 6.46. The molecule has 2 aliphatic heterocycles. The first kappa shape index (κ1) is 13.4. The number of carbonyl (C=O) groups excluding carboxylic acids is 1. The van der Waals surface area contributed by atoms with Gasteiger partial charge < -0.3 is 15.4 Å². The first-order chi connectivity index (χ1) is 9.74. The quantitative estimate of drug-likeness (QED) is 0.886. The standard InChI is InChI=1S/C16H22N2O2/c1-11(15-7-4-8-20-15)18-16(19)13-9-12-5-2-3-6-14(12)17-10-13/h2-3,5-6,11,13,15,17H,4,7-10H2,1H3,(H,18,19). The number of amides is 1. The van der Waals surface area contributed by atoms with Gasteiger partial charge in [0.2, 0.25) is 5.91 Å². The van der Waals surface area contributed by atoms with Gasteiger partial charge in [-0.25, -0.2) is 0 Å². The van der Waals surface area contributed by atoms with Gasteiger partial charge in [-0.3, -0.25) is 4.79 Å². The third kappa shape index (κ3) is 2.80. The van der Waals surface area contributed by atoms with Crippen LogP contribution in [0.2, 0.25) is 0 Å². The van der Waals surface area contributed by atoms with Crippen LogP contribution >= 0.6 is 0 Å². The Morgan fingerprint density at radius 3 is 3.10 bits per heavy atom. The summed E-state index contributed by atoms with van der Waals surface area (Å²) in [6.45, 7) is 3.57. The number of fused-ring (bicyclic) bond motifs is 1. The van der Waals surface area contributed by atoms with Gasteiger partial charge in [-0.2, -0.15) is 0 Å². The third-order valence-electron chi connectivity index (χ3n) is 4.29. The molecule has 0 saturated carbocycles. The second-order valence-electron chi connectivity index (χ2n) is 5.79. The number of hydrogen-bond donors (Lipinski definition) is 2. The van der Waals surface area contributed by atoms with Crippen molar-refractivity contribution in [3.05, 3.63) is 29.8 Å². The molecule has 0 radical (unpaired) electrons. The maximum absolute atomic E-state index is 12.4.